The molecule has 2 N–H and O–H groups in total. The minimum atomic E-state index is -4.50. The van der Waals surface area contributed by atoms with Gasteiger partial charge in [0.1, 0.15) is 0 Å². The molecule has 0 heterocycles. The van der Waals surface area contributed by atoms with Gasteiger partial charge >= 0.3 is 6.18 Å². The summed E-state index contributed by atoms with van der Waals surface area (Å²) in [6, 6.07) is 18.3. The monoisotopic (exact) mass is 491 g/mol. The van der Waals surface area contributed by atoms with Crippen molar-refractivity contribution in [1.29, 1.82) is 0 Å². The lowest BCUT2D eigenvalue weighted by atomic mass is 9.97. The molecule has 0 atom stereocenters. The van der Waals surface area contributed by atoms with Crippen LogP contribution < -0.4 is 10.7 Å². The molecule has 0 radical (unpaired) electrons. The first-order valence-electron chi connectivity index (χ1n) is 9.31. The van der Waals surface area contributed by atoms with Gasteiger partial charge in [0.05, 0.1) is 27.5 Å². The molecule has 0 bridgehead atoms. The number of nitrogens with zero attached hydrogens (tertiary/aromatic N) is 1. The van der Waals surface area contributed by atoms with Crippen LogP contribution in [0.1, 0.15) is 11.1 Å². The number of hydrazone groups is 1. The molecular weight excluding hydrogens is 478 g/mol. The summed E-state index contributed by atoms with van der Waals surface area (Å²) in [5.74, 6) is 0. The lowest BCUT2D eigenvalue weighted by Crippen LogP contribution is -2.24. The summed E-state index contributed by atoms with van der Waals surface area (Å²) in [7, 11) is 0. The first-order valence-corrected chi connectivity index (χ1v) is 10.5. The topological polar surface area (TPSA) is 36.4 Å². The number of hydrogen-bond donors (Lipinski definition) is 2. The molecule has 0 aromatic heterocycles. The highest BCUT2D eigenvalue weighted by molar-refractivity contribution is 7.80. The van der Waals surface area contributed by atoms with E-state index in [0.29, 0.717) is 5.02 Å². The van der Waals surface area contributed by atoms with Crippen LogP contribution in [0, 0.1) is 0 Å². The third-order valence-corrected chi connectivity index (χ3v) is 5.74. The lowest BCUT2D eigenvalue weighted by molar-refractivity contribution is -0.137. The zero-order valence-electron chi connectivity index (χ0n) is 16.2. The molecule has 4 aromatic rings. The Morgan fingerprint density at radius 2 is 1.44 bits per heavy atom. The Morgan fingerprint density at radius 1 is 0.875 bits per heavy atom. The number of hydrogen-bond acceptors (Lipinski definition) is 2. The van der Waals surface area contributed by atoms with E-state index in [1.807, 2.05) is 48.5 Å². The van der Waals surface area contributed by atoms with Crippen LogP contribution in [0.4, 0.5) is 18.9 Å². The van der Waals surface area contributed by atoms with Crippen LogP contribution >= 0.6 is 35.4 Å². The minimum Gasteiger partial charge on any atom is -0.330 e. The highest BCUT2D eigenvalue weighted by atomic mass is 35.5. The molecule has 4 rings (SSSR count). The van der Waals surface area contributed by atoms with Gasteiger partial charge in [0.15, 0.2) is 5.11 Å². The van der Waals surface area contributed by atoms with Crippen molar-refractivity contribution in [3.63, 3.8) is 0 Å². The van der Waals surface area contributed by atoms with E-state index in [0.717, 1.165) is 45.3 Å². The number of rotatable bonds is 3. The maximum Gasteiger partial charge on any atom is 0.416 e. The Labute approximate surface area is 196 Å². The number of thiocarbonyl (C=S) groups is 1. The van der Waals surface area contributed by atoms with Crippen molar-refractivity contribution in [2.45, 2.75) is 6.18 Å². The summed E-state index contributed by atoms with van der Waals surface area (Å²) < 4.78 is 38.9. The zero-order chi connectivity index (χ0) is 22.9. The quantitative estimate of drug-likeness (QED) is 0.134. The van der Waals surface area contributed by atoms with Crippen molar-refractivity contribution >= 4 is 74.0 Å². The second kappa shape index (κ2) is 8.94. The summed E-state index contributed by atoms with van der Waals surface area (Å²) in [6.45, 7) is 0. The van der Waals surface area contributed by atoms with Crippen molar-refractivity contribution in [2.24, 2.45) is 5.10 Å². The standard InChI is InChI=1S/C23H14Cl2F3N3S/c24-19-10-9-13(23(26,27)28)11-20(19)30-22(32)31-29-12-18-14-5-1-3-7-16(14)21(25)17-8-4-2-6-15(17)18/h1-12H,(H2,30,31,32)/b29-12+. The van der Waals surface area contributed by atoms with Gasteiger partial charge in [-0.25, -0.2) is 0 Å². The Bertz CT molecular complexity index is 1310. The molecule has 3 nitrogen and oxygen atoms in total. The number of alkyl halides is 3. The van der Waals surface area contributed by atoms with Crippen LogP contribution in [0.2, 0.25) is 10.0 Å². The van der Waals surface area contributed by atoms with Crippen LogP contribution in [0.25, 0.3) is 21.5 Å². The summed E-state index contributed by atoms with van der Waals surface area (Å²) in [6.07, 6.45) is -2.90. The fraction of sp³-hybridized carbons (Fsp3) is 0.0435. The average molecular weight is 492 g/mol. The summed E-state index contributed by atoms with van der Waals surface area (Å²) >= 11 is 17.8. The SMILES string of the molecule is FC(F)(F)c1ccc(Cl)c(NC(=S)N/N=C/c2c3ccccc3c(Cl)c3ccccc23)c1. The van der Waals surface area contributed by atoms with E-state index >= 15 is 0 Å². The average Bonchev–Trinajstić information content (AvgIpc) is 2.77. The minimum absolute atomic E-state index is 0.00921. The molecule has 0 fully saturated rings. The van der Waals surface area contributed by atoms with Crippen molar-refractivity contribution in [2.75, 3.05) is 5.32 Å². The molecule has 0 unspecified atom stereocenters. The second-order valence-corrected chi connectivity index (χ2v) is 8.03. The molecular formula is C23H14Cl2F3N3S. The largest absolute Gasteiger partial charge is 0.416 e. The molecule has 0 saturated heterocycles. The van der Waals surface area contributed by atoms with E-state index in [4.69, 9.17) is 35.4 Å². The van der Waals surface area contributed by atoms with Gasteiger partial charge in [0.2, 0.25) is 0 Å². The Kier molecular flexibility index (Phi) is 6.24. The lowest BCUT2D eigenvalue weighted by Gasteiger charge is -2.13. The smallest absolute Gasteiger partial charge is 0.330 e. The molecule has 0 aliphatic rings. The molecule has 0 aliphatic carbocycles. The van der Waals surface area contributed by atoms with Crippen LogP contribution in [0.5, 0.6) is 0 Å². The van der Waals surface area contributed by atoms with Crippen LogP contribution in [0.3, 0.4) is 0 Å². The van der Waals surface area contributed by atoms with E-state index in [1.54, 1.807) is 6.21 Å². The second-order valence-electron chi connectivity index (χ2n) is 6.84. The Balaban J connectivity index is 1.61. The molecule has 0 aliphatic heterocycles. The molecule has 0 spiro atoms. The van der Waals surface area contributed by atoms with E-state index in [9.17, 15) is 13.2 Å². The highest BCUT2D eigenvalue weighted by Crippen LogP contribution is 2.35. The molecule has 0 saturated carbocycles. The molecule has 9 heteroatoms. The first kappa shape index (κ1) is 22.3. The zero-order valence-corrected chi connectivity index (χ0v) is 18.5. The summed E-state index contributed by atoms with van der Waals surface area (Å²) in [5.41, 5.74) is 2.64. The number of anilines is 1. The van der Waals surface area contributed by atoms with Crippen molar-refractivity contribution in [3.8, 4) is 0 Å². The Hall–Kier alpha value is -2.87. The predicted octanol–water partition coefficient (Wildman–Crippen LogP) is 7.64. The van der Waals surface area contributed by atoms with Crippen molar-refractivity contribution < 1.29 is 13.2 Å². The van der Waals surface area contributed by atoms with Gasteiger partial charge in [0, 0.05) is 16.3 Å². The van der Waals surface area contributed by atoms with Gasteiger partial charge in [-0.1, -0.05) is 71.7 Å². The number of fused-ring (bicyclic) bond motifs is 2. The molecule has 0 amide bonds. The first-order chi connectivity index (χ1) is 15.3. The van der Waals surface area contributed by atoms with E-state index in [2.05, 4.69) is 15.8 Å². The van der Waals surface area contributed by atoms with Gasteiger partial charge < -0.3 is 5.32 Å². The van der Waals surface area contributed by atoms with Gasteiger partial charge in [-0.05, 0) is 41.2 Å². The third-order valence-electron chi connectivity index (χ3n) is 4.81. The van der Waals surface area contributed by atoms with E-state index < -0.39 is 11.7 Å². The maximum atomic E-state index is 13.0. The van der Waals surface area contributed by atoms with Crippen LogP contribution in [-0.2, 0) is 6.18 Å². The third kappa shape index (κ3) is 4.50. The number of nitrogens with one attached hydrogen (secondary N) is 2. The number of benzene rings is 4. The fourth-order valence-corrected chi connectivity index (χ4v) is 4.01. The predicted molar refractivity (Wildman–Crippen MR) is 130 cm³/mol. The maximum absolute atomic E-state index is 13.0. The summed E-state index contributed by atoms with van der Waals surface area (Å²) in [5, 5.41) is 11.1. The van der Waals surface area contributed by atoms with E-state index in [1.165, 1.54) is 0 Å². The van der Waals surface area contributed by atoms with Gasteiger partial charge in [-0.2, -0.15) is 18.3 Å². The van der Waals surface area contributed by atoms with E-state index in [-0.39, 0.29) is 15.8 Å². The van der Waals surface area contributed by atoms with Crippen LogP contribution in [0.15, 0.2) is 71.8 Å². The van der Waals surface area contributed by atoms with Crippen molar-refractivity contribution in [3.05, 3.63) is 87.9 Å². The molecule has 4 aromatic carbocycles. The molecule has 162 valence electrons. The highest BCUT2D eigenvalue weighted by Gasteiger charge is 2.31. The van der Waals surface area contributed by atoms with Crippen molar-refractivity contribution in [1.82, 2.24) is 5.43 Å². The fourth-order valence-electron chi connectivity index (χ4n) is 3.35. The molecule has 32 heavy (non-hydrogen) atoms. The van der Waals surface area contributed by atoms with Gasteiger partial charge in [0.25, 0.3) is 0 Å². The van der Waals surface area contributed by atoms with Gasteiger partial charge in [-0.3, -0.25) is 5.43 Å². The number of halogens is 5. The Morgan fingerprint density at radius 3 is 2.00 bits per heavy atom. The normalized spacial score (nSPS) is 11.9. The summed E-state index contributed by atoms with van der Waals surface area (Å²) in [4.78, 5) is 0. The van der Waals surface area contributed by atoms with Gasteiger partial charge in [-0.15, -0.1) is 0 Å². The van der Waals surface area contributed by atoms with Crippen LogP contribution in [-0.4, -0.2) is 11.3 Å².